The zero-order valence-electron chi connectivity index (χ0n) is 11.9. The number of alkyl carbamates (subject to hydrolysis) is 1. The van der Waals surface area contributed by atoms with Crippen LogP contribution in [-0.4, -0.2) is 24.3 Å². The van der Waals surface area contributed by atoms with Gasteiger partial charge < -0.3 is 15.8 Å². The SMILES string of the molecule is CC(C)(C)OC(=O)NCC(N)Cc1ccc(F)c(Br)c1. The van der Waals surface area contributed by atoms with E-state index in [1.54, 1.807) is 32.9 Å². The number of benzene rings is 1. The quantitative estimate of drug-likeness (QED) is 0.880. The van der Waals surface area contributed by atoms with Gasteiger partial charge in [-0.2, -0.15) is 0 Å². The molecule has 0 saturated carbocycles. The Balaban J connectivity index is 2.42. The normalized spacial score (nSPS) is 12.9. The van der Waals surface area contributed by atoms with Crippen LogP contribution in [0.1, 0.15) is 26.3 Å². The number of rotatable bonds is 4. The van der Waals surface area contributed by atoms with Gasteiger partial charge >= 0.3 is 6.09 Å². The van der Waals surface area contributed by atoms with Crippen molar-refractivity contribution >= 4 is 22.0 Å². The van der Waals surface area contributed by atoms with Crippen LogP contribution >= 0.6 is 15.9 Å². The highest BCUT2D eigenvalue weighted by Crippen LogP contribution is 2.17. The lowest BCUT2D eigenvalue weighted by Crippen LogP contribution is -2.41. The summed E-state index contributed by atoms with van der Waals surface area (Å²) < 4.78 is 18.6. The third kappa shape index (κ3) is 6.34. The third-order valence-electron chi connectivity index (χ3n) is 2.39. The van der Waals surface area contributed by atoms with Crippen LogP contribution in [0.2, 0.25) is 0 Å². The molecule has 1 aromatic carbocycles. The van der Waals surface area contributed by atoms with Crippen LogP contribution in [0.15, 0.2) is 22.7 Å². The van der Waals surface area contributed by atoms with Gasteiger partial charge in [-0.15, -0.1) is 0 Å². The molecule has 1 rings (SSSR count). The smallest absolute Gasteiger partial charge is 0.407 e. The summed E-state index contributed by atoms with van der Waals surface area (Å²) in [4.78, 5) is 11.5. The molecule has 0 aromatic heterocycles. The number of hydrogen-bond acceptors (Lipinski definition) is 3. The molecule has 0 heterocycles. The Morgan fingerprint density at radius 2 is 2.15 bits per heavy atom. The van der Waals surface area contributed by atoms with Crippen LogP contribution < -0.4 is 11.1 Å². The van der Waals surface area contributed by atoms with E-state index in [1.807, 2.05) is 0 Å². The van der Waals surface area contributed by atoms with Gasteiger partial charge in [0.05, 0.1) is 4.47 Å². The minimum atomic E-state index is -0.532. The Morgan fingerprint density at radius 1 is 1.50 bits per heavy atom. The van der Waals surface area contributed by atoms with E-state index in [0.29, 0.717) is 17.4 Å². The minimum Gasteiger partial charge on any atom is -0.444 e. The molecule has 1 amide bonds. The van der Waals surface area contributed by atoms with Crippen molar-refractivity contribution < 1.29 is 13.9 Å². The van der Waals surface area contributed by atoms with Crippen molar-refractivity contribution in [2.75, 3.05) is 6.54 Å². The van der Waals surface area contributed by atoms with E-state index in [2.05, 4.69) is 21.2 Å². The molecule has 20 heavy (non-hydrogen) atoms. The maximum Gasteiger partial charge on any atom is 0.407 e. The van der Waals surface area contributed by atoms with E-state index in [4.69, 9.17) is 10.5 Å². The average molecular weight is 347 g/mol. The van der Waals surface area contributed by atoms with Crippen LogP contribution in [0.3, 0.4) is 0 Å². The van der Waals surface area contributed by atoms with E-state index < -0.39 is 11.7 Å². The van der Waals surface area contributed by atoms with Gasteiger partial charge in [0.1, 0.15) is 11.4 Å². The first-order chi connectivity index (χ1) is 9.17. The molecule has 0 bridgehead atoms. The molecule has 0 aliphatic heterocycles. The maximum atomic E-state index is 13.1. The molecule has 0 aliphatic rings. The highest BCUT2D eigenvalue weighted by atomic mass is 79.9. The van der Waals surface area contributed by atoms with Gasteiger partial charge in [0, 0.05) is 12.6 Å². The molecule has 6 heteroatoms. The monoisotopic (exact) mass is 346 g/mol. The fourth-order valence-electron chi connectivity index (χ4n) is 1.57. The number of nitrogens with two attached hydrogens (primary N) is 1. The number of nitrogens with one attached hydrogen (secondary N) is 1. The van der Waals surface area contributed by atoms with Crippen molar-refractivity contribution in [2.24, 2.45) is 5.73 Å². The van der Waals surface area contributed by atoms with Crippen molar-refractivity contribution in [2.45, 2.75) is 38.8 Å². The molecule has 112 valence electrons. The van der Waals surface area contributed by atoms with Gasteiger partial charge in [-0.05, 0) is 60.8 Å². The third-order valence-corrected chi connectivity index (χ3v) is 3.00. The predicted octanol–water partition coefficient (Wildman–Crippen LogP) is 2.98. The second-order valence-electron chi connectivity index (χ2n) is 5.60. The van der Waals surface area contributed by atoms with Gasteiger partial charge in [-0.25, -0.2) is 9.18 Å². The van der Waals surface area contributed by atoms with Gasteiger partial charge in [0.2, 0.25) is 0 Å². The largest absolute Gasteiger partial charge is 0.444 e. The summed E-state index contributed by atoms with van der Waals surface area (Å²) in [7, 11) is 0. The Labute approximate surface area is 127 Å². The molecule has 1 aromatic rings. The van der Waals surface area contributed by atoms with Crippen molar-refractivity contribution in [3.8, 4) is 0 Å². The molecule has 1 unspecified atom stereocenters. The molecule has 0 fully saturated rings. The van der Waals surface area contributed by atoms with E-state index in [1.165, 1.54) is 6.07 Å². The molecule has 0 aliphatic carbocycles. The maximum absolute atomic E-state index is 13.1. The lowest BCUT2D eigenvalue weighted by molar-refractivity contribution is 0.0524. The number of halogens is 2. The van der Waals surface area contributed by atoms with Crippen LogP contribution in [0.5, 0.6) is 0 Å². The second kappa shape index (κ2) is 7.04. The summed E-state index contributed by atoms with van der Waals surface area (Å²) in [6.45, 7) is 5.68. The van der Waals surface area contributed by atoms with E-state index in [9.17, 15) is 9.18 Å². The van der Waals surface area contributed by atoms with Gasteiger partial charge in [0.25, 0.3) is 0 Å². The van der Waals surface area contributed by atoms with Crippen LogP contribution in [-0.2, 0) is 11.2 Å². The fraction of sp³-hybridized carbons (Fsp3) is 0.500. The van der Waals surface area contributed by atoms with Crippen molar-refractivity contribution in [1.29, 1.82) is 0 Å². The van der Waals surface area contributed by atoms with Gasteiger partial charge in [-0.1, -0.05) is 6.07 Å². The summed E-state index contributed by atoms with van der Waals surface area (Å²) in [6.07, 6.45) is 0.0440. The molecular weight excluding hydrogens is 327 g/mol. The Morgan fingerprint density at radius 3 is 2.70 bits per heavy atom. The van der Waals surface area contributed by atoms with E-state index in [-0.39, 0.29) is 11.9 Å². The summed E-state index contributed by atoms with van der Waals surface area (Å²) in [5.74, 6) is -0.311. The standard InChI is InChI=1S/C14H20BrFN2O2/c1-14(2,3)20-13(19)18-8-10(17)6-9-4-5-12(16)11(15)7-9/h4-5,7,10H,6,8,17H2,1-3H3,(H,18,19). The number of hydrogen-bond donors (Lipinski definition) is 2. The van der Waals surface area contributed by atoms with Crippen molar-refractivity contribution in [3.63, 3.8) is 0 Å². The molecule has 0 spiro atoms. The van der Waals surface area contributed by atoms with Gasteiger partial charge in [0.15, 0.2) is 0 Å². The van der Waals surface area contributed by atoms with Gasteiger partial charge in [-0.3, -0.25) is 0 Å². The zero-order valence-corrected chi connectivity index (χ0v) is 13.5. The number of carbonyl (C=O) groups is 1. The Bertz CT molecular complexity index is 475. The fourth-order valence-corrected chi connectivity index (χ4v) is 2.00. The Hall–Kier alpha value is -1.14. The zero-order chi connectivity index (χ0) is 15.3. The molecule has 3 N–H and O–H groups in total. The highest BCUT2D eigenvalue weighted by molar-refractivity contribution is 9.10. The molecule has 4 nitrogen and oxygen atoms in total. The Kier molecular flexibility index (Phi) is 5.95. The average Bonchev–Trinajstić information content (AvgIpc) is 2.29. The molecule has 0 saturated heterocycles. The molecular formula is C14H20BrFN2O2. The van der Waals surface area contributed by atoms with Crippen LogP contribution in [0, 0.1) is 5.82 Å². The topological polar surface area (TPSA) is 64.3 Å². The minimum absolute atomic E-state index is 0.264. The van der Waals surface area contributed by atoms with Crippen molar-refractivity contribution in [3.05, 3.63) is 34.1 Å². The van der Waals surface area contributed by atoms with E-state index in [0.717, 1.165) is 5.56 Å². The number of carbonyl (C=O) groups excluding carboxylic acids is 1. The van der Waals surface area contributed by atoms with E-state index >= 15 is 0 Å². The first kappa shape index (κ1) is 16.9. The summed E-state index contributed by atoms with van der Waals surface area (Å²) >= 11 is 3.13. The lowest BCUT2D eigenvalue weighted by Gasteiger charge is -2.20. The summed E-state index contributed by atoms with van der Waals surface area (Å²) in [5, 5.41) is 2.61. The second-order valence-corrected chi connectivity index (χ2v) is 6.45. The number of ether oxygens (including phenoxy) is 1. The lowest BCUT2D eigenvalue weighted by atomic mass is 10.1. The number of amides is 1. The first-order valence-corrected chi connectivity index (χ1v) is 7.13. The summed E-state index contributed by atoms with van der Waals surface area (Å²) in [6, 6.07) is 4.48. The molecule has 0 radical (unpaired) electrons. The van der Waals surface area contributed by atoms with Crippen LogP contribution in [0.4, 0.5) is 9.18 Å². The predicted molar refractivity (Wildman–Crippen MR) is 80.0 cm³/mol. The molecule has 1 atom stereocenters. The van der Waals surface area contributed by atoms with Crippen LogP contribution in [0.25, 0.3) is 0 Å². The first-order valence-electron chi connectivity index (χ1n) is 6.34. The van der Waals surface area contributed by atoms with Crippen molar-refractivity contribution in [1.82, 2.24) is 5.32 Å². The highest BCUT2D eigenvalue weighted by Gasteiger charge is 2.16. The summed E-state index contributed by atoms with van der Waals surface area (Å²) in [5.41, 5.74) is 6.29.